The van der Waals surface area contributed by atoms with Crippen LogP contribution in [0.15, 0.2) is 18.2 Å². The highest BCUT2D eigenvalue weighted by molar-refractivity contribution is 6.31. The first-order chi connectivity index (χ1) is 9.73. The lowest BCUT2D eigenvalue weighted by atomic mass is 10.0. The van der Waals surface area contributed by atoms with Gasteiger partial charge in [-0.25, -0.2) is 4.39 Å². The number of hydrogen-bond donors (Lipinski definition) is 1. The van der Waals surface area contributed by atoms with Crippen LogP contribution in [0.1, 0.15) is 26.3 Å². The molecule has 1 aromatic carbocycles. The van der Waals surface area contributed by atoms with Gasteiger partial charge >= 0.3 is 0 Å². The Kier molecular flexibility index (Phi) is 6.15. The van der Waals surface area contributed by atoms with Crippen LogP contribution in [-0.4, -0.2) is 29.8 Å². The molecule has 0 aliphatic rings. The van der Waals surface area contributed by atoms with E-state index in [2.05, 4.69) is 5.32 Å². The first-order valence-electron chi connectivity index (χ1n) is 6.69. The number of nitrogens with zero attached hydrogens (tertiary/aromatic N) is 1. The molecule has 0 bridgehead atoms. The predicted octanol–water partition coefficient (Wildman–Crippen LogP) is 2.60. The van der Waals surface area contributed by atoms with Gasteiger partial charge in [0.05, 0.1) is 0 Å². The van der Waals surface area contributed by atoms with Gasteiger partial charge in [0.15, 0.2) is 0 Å². The van der Waals surface area contributed by atoms with Crippen molar-refractivity contribution in [2.24, 2.45) is 5.92 Å². The van der Waals surface area contributed by atoms with Crippen molar-refractivity contribution in [2.75, 3.05) is 7.05 Å². The van der Waals surface area contributed by atoms with Crippen LogP contribution in [0.5, 0.6) is 0 Å². The molecule has 1 atom stereocenters. The van der Waals surface area contributed by atoms with E-state index in [0.29, 0.717) is 0 Å². The zero-order valence-corrected chi connectivity index (χ0v) is 13.4. The van der Waals surface area contributed by atoms with Crippen molar-refractivity contribution in [3.63, 3.8) is 0 Å². The summed E-state index contributed by atoms with van der Waals surface area (Å²) in [6, 6.07) is 3.74. The summed E-state index contributed by atoms with van der Waals surface area (Å²) in [7, 11) is 1.56. The van der Waals surface area contributed by atoms with Crippen LogP contribution < -0.4 is 5.32 Å². The quantitative estimate of drug-likeness (QED) is 0.908. The number of benzene rings is 1. The minimum Gasteiger partial charge on any atom is -0.344 e. The van der Waals surface area contributed by atoms with Crippen molar-refractivity contribution in [1.29, 1.82) is 0 Å². The highest BCUT2D eigenvalue weighted by atomic mass is 35.5. The number of carbonyl (C=O) groups excluding carboxylic acids is 2. The van der Waals surface area contributed by atoms with Gasteiger partial charge in [0.25, 0.3) is 0 Å². The summed E-state index contributed by atoms with van der Waals surface area (Å²) in [5.41, 5.74) is 0.264. The maximum atomic E-state index is 13.8. The molecule has 0 aliphatic carbocycles. The summed E-state index contributed by atoms with van der Waals surface area (Å²) in [6.45, 7) is 5.08. The monoisotopic (exact) mass is 314 g/mol. The van der Waals surface area contributed by atoms with E-state index in [-0.39, 0.29) is 34.9 Å². The number of hydrogen-bond acceptors (Lipinski definition) is 2. The van der Waals surface area contributed by atoms with Gasteiger partial charge in [-0.2, -0.15) is 0 Å². The highest BCUT2D eigenvalue weighted by Crippen LogP contribution is 2.21. The Hall–Kier alpha value is -1.62. The van der Waals surface area contributed by atoms with E-state index in [0.717, 1.165) is 0 Å². The third-order valence-electron chi connectivity index (χ3n) is 3.12. The fraction of sp³-hybridized carbons (Fsp3) is 0.467. The predicted molar refractivity (Wildman–Crippen MR) is 80.3 cm³/mol. The fourth-order valence-corrected chi connectivity index (χ4v) is 2.19. The topological polar surface area (TPSA) is 49.4 Å². The summed E-state index contributed by atoms with van der Waals surface area (Å²) in [4.78, 5) is 24.9. The Bertz CT molecular complexity index is 514. The smallest absolute Gasteiger partial charge is 0.245 e. The van der Waals surface area contributed by atoms with E-state index < -0.39 is 11.9 Å². The Morgan fingerprint density at radius 1 is 1.38 bits per heavy atom. The molecule has 0 heterocycles. The van der Waals surface area contributed by atoms with Crippen molar-refractivity contribution in [2.45, 2.75) is 33.4 Å². The summed E-state index contributed by atoms with van der Waals surface area (Å²) in [5, 5.41) is 2.89. The number of likely N-dealkylation sites (N-methyl/N-ethyl adjacent to an activating group) is 1. The molecular weight excluding hydrogens is 295 g/mol. The minimum absolute atomic E-state index is 0.0488. The maximum Gasteiger partial charge on any atom is 0.245 e. The molecule has 0 saturated carbocycles. The first kappa shape index (κ1) is 17.4. The lowest BCUT2D eigenvalue weighted by Crippen LogP contribution is -2.49. The number of amides is 2. The first-order valence-corrected chi connectivity index (χ1v) is 7.06. The summed E-state index contributed by atoms with van der Waals surface area (Å²) < 4.78 is 13.8. The van der Waals surface area contributed by atoms with Crippen LogP contribution in [-0.2, 0) is 16.1 Å². The molecule has 0 aromatic heterocycles. The van der Waals surface area contributed by atoms with Gasteiger partial charge in [-0.3, -0.25) is 9.59 Å². The van der Waals surface area contributed by atoms with Crippen LogP contribution in [0, 0.1) is 11.7 Å². The zero-order chi connectivity index (χ0) is 16.2. The van der Waals surface area contributed by atoms with Crippen molar-refractivity contribution in [3.05, 3.63) is 34.6 Å². The average Bonchev–Trinajstić information content (AvgIpc) is 2.39. The lowest BCUT2D eigenvalue weighted by Gasteiger charge is -2.27. The van der Waals surface area contributed by atoms with Gasteiger partial charge < -0.3 is 10.2 Å². The fourth-order valence-electron chi connectivity index (χ4n) is 1.97. The van der Waals surface area contributed by atoms with Crippen LogP contribution >= 0.6 is 11.6 Å². The molecule has 0 fully saturated rings. The molecule has 21 heavy (non-hydrogen) atoms. The van der Waals surface area contributed by atoms with E-state index in [1.54, 1.807) is 13.1 Å². The molecular formula is C15H20ClFN2O2. The molecule has 0 spiro atoms. The number of rotatable bonds is 5. The van der Waals surface area contributed by atoms with Gasteiger partial charge in [0.1, 0.15) is 11.9 Å². The molecule has 0 radical (unpaired) electrons. The second-order valence-electron chi connectivity index (χ2n) is 5.32. The summed E-state index contributed by atoms with van der Waals surface area (Å²) in [6.07, 6.45) is 0. The van der Waals surface area contributed by atoms with Crippen LogP contribution in [0.3, 0.4) is 0 Å². The SMILES string of the molecule is CC(=O)NC(C(=O)N(C)Cc1c(F)cccc1Cl)C(C)C. The van der Waals surface area contributed by atoms with Crippen molar-refractivity contribution in [3.8, 4) is 0 Å². The number of nitrogens with one attached hydrogen (secondary N) is 1. The molecule has 0 aliphatic heterocycles. The zero-order valence-electron chi connectivity index (χ0n) is 12.6. The van der Waals surface area contributed by atoms with E-state index in [1.165, 1.54) is 24.0 Å². The summed E-state index contributed by atoms with van der Waals surface area (Å²) in [5.74, 6) is -1.08. The molecule has 1 unspecified atom stereocenters. The third-order valence-corrected chi connectivity index (χ3v) is 3.48. The van der Waals surface area contributed by atoms with Gasteiger partial charge in [-0.15, -0.1) is 0 Å². The average molecular weight is 315 g/mol. The van der Waals surface area contributed by atoms with Gasteiger partial charge in [0.2, 0.25) is 11.8 Å². The van der Waals surface area contributed by atoms with E-state index in [4.69, 9.17) is 11.6 Å². The number of halogens is 2. The number of carbonyl (C=O) groups is 2. The molecule has 1 N–H and O–H groups in total. The normalized spacial score (nSPS) is 12.1. The van der Waals surface area contributed by atoms with Crippen molar-refractivity contribution >= 4 is 23.4 Å². The lowest BCUT2D eigenvalue weighted by molar-refractivity contribution is -0.136. The molecule has 6 heteroatoms. The van der Waals surface area contributed by atoms with Crippen LogP contribution in [0.25, 0.3) is 0 Å². The second kappa shape index (κ2) is 7.41. The Balaban J connectivity index is 2.89. The van der Waals surface area contributed by atoms with Gasteiger partial charge in [0, 0.05) is 31.1 Å². The molecule has 0 saturated heterocycles. The van der Waals surface area contributed by atoms with Crippen LogP contribution in [0.4, 0.5) is 4.39 Å². The second-order valence-corrected chi connectivity index (χ2v) is 5.72. The van der Waals surface area contributed by atoms with Gasteiger partial charge in [-0.1, -0.05) is 31.5 Å². The Labute approximate surface area is 129 Å². The van der Waals surface area contributed by atoms with E-state index in [9.17, 15) is 14.0 Å². The standard InChI is InChI=1S/C15H20ClFN2O2/c1-9(2)14(18-10(3)20)15(21)19(4)8-11-12(16)6-5-7-13(11)17/h5-7,9,14H,8H2,1-4H3,(H,18,20). The molecule has 4 nitrogen and oxygen atoms in total. The maximum absolute atomic E-state index is 13.8. The Morgan fingerprint density at radius 2 is 2.00 bits per heavy atom. The highest BCUT2D eigenvalue weighted by Gasteiger charge is 2.26. The van der Waals surface area contributed by atoms with E-state index >= 15 is 0 Å². The van der Waals surface area contributed by atoms with Crippen LogP contribution in [0.2, 0.25) is 5.02 Å². The van der Waals surface area contributed by atoms with E-state index in [1.807, 2.05) is 13.8 Å². The molecule has 1 rings (SSSR count). The molecule has 1 aromatic rings. The van der Waals surface area contributed by atoms with Crippen molar-refractivity contribution < 1.29 is 14.0 Å². The molecule has 116 valence electrons. The summed E-state index contributed by atoms with van der Waals surface area (Å²) >= 11 is 5.96. The molecule has 2 amide bonds. The van der Waals surface area contributed by atoms with Gasteiger partial charge in [-0.05, 0) is 18.1 Å². The minimum atomic E-state index is -0.641. The Morgan fingerprint density at radius 3 is 2.48 bits per heavy atom. The third kappa shape index (κ3) is 4.70. The largest absolute Gasteiger partial charge is 0.344 e. The van der Waals surface area contributed by atoms with Crippen molar-refractivity contribution in [1.82, 2.24) is 10.2 Å².